The van der Waals surface area contributed by atoms with Gasteiger partial charge in [0, 0.05) is 26.8 Å². The molecule has 2 nitrogen and oxygen atoms in total. The molecule has 0 heterocycles. The lowest BCUT2D eigenvalue weighted by atomic mass is 10.1. The average molecular weight is 277 g/mol. The van der Waals surface area contributed by atoms with E-state index in [0.717, 1.165) is 15.6 Å². The van der Waals surface area contributed by atoms with Crippen LogP contribution in [0.2, 0.25) is 0 Å². The highest BCUT2D eigenvalue weighted by Gasteiger charge is 2.05. The second-order valence-electron chi connectivity index (χ2n) is 3.04. The van der Waals surface area contributed by atoms with Gasteiger partial charge in [0.25, 0.3) is 0 Å². The summed E-state index contributed by atoms with van der Waals surface area (Å²) in [6.07, 6.45) is 0. The van der Waals surface area contributed by atoms with E-state index in [2.05, 4.69) is 15.9 Å². The molecule has 1 aromatic carbocycles. The van der Waals surface area contributed by atoms with E-state index in [1.165, 1.54) is 0 Å². The molecule has 4 heteroatoms. The monoisotopic (exact) mass is 276 g/mol. The number of hydrogen-bond donors (Lipinski definition) is 1. The van der Waals surface area contributed by atoms with Crippen LogP contribution in [-0.4, -0.2) is 21.7 Å². The molecule has 78 valence electrons. The fraction of sp³-hybridized carbons (Fsp3) is 0.400. The molecule has 1 aromatic rings. The Bertz CT molecular complexity index is 339. The van der Waals surface area contributed by atoms with Crippen molar-refractivity contribution >= 4 is 26.7 Å². The zero-order chi connectivity index (χ0) is 10.6. The maximum absolute atomic E-state index is 11.4. The smallest absolute Gasteiger partial charge is 0.0546 e. The minimum atomic E-state index is -0.960. The predicted octanol–water partition coefficient (Wildman–Crippen LogP) is 2.00. The third kappa shape index (κ3) is 3.19. The van der Waals surface area contributed by atoms with Crippen LogP contribution < -0.4 is 0 Å². The Kier molecular flexibility index (Phi) is 4.78. The Morgan fingerprint density at radius 2 is 2.21 bits per heavy atom. The maximum Gasteiger partial charge on any atom is 0.0546 e. The first kappa shape index (κ1) is 11.9. The molecule has 0 saturated heterocycles. The summed E-state index contributed by atoms with van der Waals surface area (Å²) in [5, 5.41) is 8.64. The van der Waals surface area contributed by atoms with Crippen LogP contribution in [0, 0.1) is 6.92 Å². The lowest BCUT2D eigenvalue weighted by Crippen LogP contribution is -2.05. The van der Waals surface area contributed by atoms with Gasteiger partial charge in [-0.05, 0) is 24.1 Å². The number of hydrogen-bond acceptors (Lipinski definition) is 2. The van der Waals surface area contributed by atoms with Crippen LogP contribution >= 0.6 is 15.9 Å². The van der Waals surface area contributed by atoms with Crippen LogP contribution in [0.4, 0.5) is 0 Å². The summed E-state index contributed by atoms with van der Waals surface area (Å²) in [5.74, 6) is 0.873. The molecular weight excluding hydrogens is 264 g/mol. The SMILES string of the molecule is Cc1c(Br)cccc1C[S@](=O)CCO. The topological polar surface area (TPSA) is 37.3 Å². The summed E-state index contributed by atoms with van der Waals surface area (Å²) < 4.78 is 12.4. The van der Waals surface area contributed by atoms with Crippen molar-refractivity contribution in [3.8, 4) is 0 Å². The van der Waals surface area contributed by atoms with Crippen LogP contribution in [0.3, 0.4) is 0 Å². The van der Waals surface area contributed by atoms with Gasteiger partial charge < -0.3 is 5.11 Å². The Labute approximate surface area is 94.9 Å². The largest absolute Gasteiger partial charge is 0.395 e. The van der Waals surface area contributed by atoms with E-state index in [4.69, 9.17) is 5.11 Å². The van der Waals surface area contributed by atoms with E-state index in [-0.39, 0.29) is 6.61 Å². The summed E-state index contributed by atoms with van der Waals surface area (Å²) in [6.45, 7) is 1.98. The van der Waals surface area contributed by atoms with Crippen molar-refractivity contribution in [1.29, 1.82) is 0 Å². The lowest BCUT2D eigenvalue weighted by Gasteiger charge is -2.06. The molecule has 0 aliphatic rings. The summed E-state index contributed by atoms with van der Waals surface area (Å²) >= 11 is 3.43. The normalized spacial score (nSPS) is 12.8. The van der Waals surface area contributed by atoms with E-state index < -0.39 is 10.8 Å². The van der Waals surface area contributed by atoms with E-state index in [1.807, 2.05) is 25.1 Å². The molecule has 1 atom stereocenters. The predicted molar refractivity (Wildman–Crippen MR) is 62.7 cm³/mol. The van der Waals surface area contributed by atoms with Crippen molar-refractivity contribution in [1.82, 2.24) is 0 Å². The Balaban J connectivity index is 2.76. The lowest BCUT2D eigenvalue weighted by molar-refractivity contribution is 0.321. The molecule has 0 aliphatic carbocycles. The van der Waals surface area contributed by atoms with Crippen molar-refractivity contribution < 1.29 is 9.32 Å². The van der Waals surface area contributed by atoms with Crippen molar-refractivity contribution in [2.75, 3.05) is 12.4 Å². The van der Waals surface area contributed by atoms with Crippen molar-refractivity contribution in [2.45, 2.75) is 12.7 Å². The molecule has 0 spiro atoms. The highest BCUT2D eigenvalue weighted by molar-refractivity contribution is 9.10. The third-order valence-corrected chi connectivity index (χ3v) is 4.15. The number of benzene rings is 1. The summed E-state index contributed by atoms with van der Waals surface area (Å²) in [4.78, 5) is 0. The average Bonchev–Trinajstić information content (AvgIpc) is 2.13. The van der Waals surface area contributed by atoms with E-state index >= 15 is 0 Å². The van der Waals surface area contributed by atoms with Gasteiger partial charge in [0.2, 0.25) is 0 Å². The second-order valence-corrected chi connectivity index (χ2v) is 5.47. The molecule has 14 heavy (non-hydrogen) atoms. The highest BCUT2D eigenvalue weighted by atomic mass is 79.9. The minimum absolute atomic E-state index is 0.0142. The maximum atomic E-state index is 11.4. The van der Waals surface area contributed by atoms with Crippen LogP contribution in [0.25, 0.3) is 0 Å². The summed E-state index contributed by atoms with van der Waals surface area (Å²) in [7, 11) is -0.960. The standard InChI is InChI=1S/C10H13BrO2S/c1-8-9(3-2-4-10(8)11)7-14(13)6-5-12/h2-4,12H,5-7H2,1H3/t14-/m1/s1. The fourth-order valence-electron chi connectivity index (χ4n) is 1.16. The minimum Gasteiger partial charge on any atom is -0.395 e. The van der Waals surface area contributed by atoms with Crippen LogP contribution in [0.5, 0.6) is 0 Å². The van der Waals surface area contributed by atoms with Gasteiger partial charge in [-0.3, -0.25) is 4.21 Å². The molecule has 0 saturated carbocycles. The molecule has 0 amide bonds. The van der Waals surface area contributed by atoms with Gasteiger partial charge in [-0.2, -0.15) is 0 Å². The number of halogens is 1. The molecule has 0 fully saturated rings. The molecule has 1 N–H and O–H groups in total. The Morgan fingerprint density at radius 3 is 2.86 bits per heavy atom. The van der Waals surface area contributed by atoms with Gasteiger partial charge in [0.1, 0.15) is 0 Å². The highest BCUT2D eigenvalue weighted by Crippen LogP contribution is 2.20. The van der Waals surface area contributed by atoms with Crippen LogP contribution in [-0.2, 0) is 16.6 Å². The van der Waals surface area contributed by atoms with Crippen LogP contribution in [0.1, 0.15) is 11.1 Å². The molecule has 1 rings (SSSR count). The molecule has 0 aliphatic heterocycles. The first-order chi connectivity index (χ1) is 6.65. The van der Waals surface area contributed by atoms with Crippen molar-refractivity contribution in [2.24, 2.45) is 0 Å². The zero-order valence-corrected chi connectivity index (χ0v) is 10.4. The fourth-order valence-corrected chi connectivity index (χ4v) is 2.57. The quantitative estimate of drug-likeness (QED) is 0.914. The first-order valence-electron chi connectivity index (χ1n) is 4.35. The van der Waals surface area contributed by atoms with Gasteiger partial charge in [-0.15, -0.1) is 0 Å². The Hall–Kier alpha value is -0.190. The van der Waals surface area contributed by atoms with Gasteiger partial charge in [-0.1, -0.05) is 28.1 Å². The zero-order valence-electron chi connectivity index (χ0n) is 8.00. The summed E-state index contributed by atoms with van der Waals surface area (Å²) in [6, 6.07) is 5.87. The van der Waals surface area contributed by atoms with Gasteiger partial charge in [0.15, 0.2) is 0 Å². The molecular formula is C10H13BrO2S. The number of aliphatic hydroxyl groups excluding tert-OH is 1. The number of aliphatic hydroxyl groups is 1. The van der Waals surface area contributed by atoms with Crippen molar-refractivity contribution in [3.05, 3.63) is 33.8 Å². The second kappa shape index (κ2) is 5.63. The van der Waals surface area contributed by atoms with Crippen LogP contribution in [0.15, 0.2) is 22.7 Å². The first-order valence-corrected chi connectivity index (χ1v) is 6.63. The molecule has 0 aromatic heterocycles. The van der Waals surface area contributed by atoms with Gasteiger partial charge >= 0.3 is 0 Å². The van der Waals surface area contributed by atoms with Gasteiger partial charge in [0.05, 0.1) is 6.61 Å². The van der Waals surface area contributed by atoms with E-state index in [9.17, 15) is 4.21 Å². The van der Waals surface area contributed by atoms with E-state index in [1.54, 1.807) is 0 Å². The number of rotatable bonds is 4. The van der Waals surface area contributed by atoms with Gasteiger partial charge in [-0.25, -0.2) is 0 Å². The summed E-state index contributed by atoms with van der Waals surface area (Å²) in [5.41, 5.74) is 2.20. The van der Waals surface area contributed by atoms with Crippen molar-refractivity contribution in [3.63, 3.8) is 0 Å². The Morgan fingerprint density at radius 1 is 1.50 bits per heavy atom. The molecule has 0 radical (unpaired) electrons. The molecule has 0 bridgehead atoms. The molecule has 0 unspecified atom stereocenters. The van der Waals surface area contributed by atoms with E-state index in [0.29, 0.717) is 11.5 Å². The third-order valence-electron chi connectivity index (χ3n) is 2.02.